The number of nitrogens with one attached hydrogen (secondary N) is 1. The summed E-state index contributed by atoms with van der Waals surface area (Å²) >= 11 is 0. The van der Waals surface area contributed by atoms with Crippen LogP contribution < -0.4 is 10.6 Å². The maximum atomic E-state index is 6.14. The van der Waals surface area contributed by atoms with E-state index in [1.54, 1.807) is 6.20 Å². The van der Waals surface area contributed by atoms with Gasteiger partial charge in [-0.05, 0) is 25.5 Å². The Morgan fingerprint density at radius 2 is 2.33 bits per heavy atom. The molecule has 2 aromatic rings. The van der Waals surface area contributed by atoms with Gasteiger partial charge in [0.05, 0.1) is 35.2 Å². The van der Waals surface area contributed by atoms with Crippen molar-refractivity contribution in [1.29, 1.82) is 0 Å². The molecule has 0 spiro atoms. The molecule has 0 saturated carbocycles. The second-order valence-electron chi connectivity index (χ2n) is 4.91. The van der Waals surface area contributed by atoms with E-state index in [9.17, 15) is 0 Å². The van der Waals surface area contributed by atoms with Crippen LogP contribution in [0.5, 0.6) is 0 Å². The van der Waals surface area contributed by atoms with Crippen molar-refractivity contribution in [2.45, 2.75) is 25.5 Å². The summed E-state index contributed by atoms with van der Waals surface area (Å²) in [5.74, 6) is 0. The van der Waals surface area contributed by atoms with Gasteiger partial charge >= 0.3 is 0 Å². The minimum Gasteiger partial charge on any atom is -0.397 e. The fourth-order valence-electron chi connectivity index (χ4n) is 2.71. The second kappa shape index (κ2) is 4.17. The normalized spacial score (nSPS) is 23.7. The summed E-state index contributed by atoms with van der Waals surface area (Å²) in [7, 11) is 2.07. The van der Waals surface area contributed by atoms with Crippen molar-refractivity contribution >= 4 is 22.3 Å². The summed E-state index contributed by atoms with van der Waals surface area (Å²) in [6.07, 6.45) is 3.07. The Morgan fingerprint density at radius 1 is 1.50 bits per heavy atom. The van der Waals surface area contributed by atoms with Gasteiger partial charge in [-0.25, -0.2) is 0 Å². The summed E-state index contributed by atoms with van der Waals surface area (Å²) in [5.41, 5.74) is 8.97. The first-order chi connectivity index (χ1) is 8.66. The van der Waals surface area contributed by atoms with Crippen molar-refractivity contribution in [3.63, 3.8) is 0 Å². The van der Waals surface area contributed by atoms with E-state index in [4.69, 9.17) is 10.5 Å². The first-order valence-electron chi connectivity index (χ1n) is 6.24. The molecule has 5 heteroatoms. The number of H-pyrrole nitrogens is 1. The minimum atomic E-state index is 0.242. The van der Waals surface area contributed by atoms with Crippen LogP contribution in [0.2, 0.25) is 0 Å². The number of hydrogen-bond donors (Lipinski definition) is 2. The smallest absolute Gasteiger partial charge is 0.0750 e. The van der Waals surface area contributed by atoms with Gasteiger partial charge in [0.2, 0.25) is 0 Å². The molecular weight excluding hydrogens is 228 g/mol. The zero-order valence-corrected chi connectivity index (χ0v) is 10.7. The van der Waals surface area contributed by atoms with Gasteiger partial charge in [-0.2, -0.15) is 5.10 Å². The number of fused-ring (bicyclic) bond motifs is 1. The van der Waals surface area contributed by atoms with Gasteiger partial charge in [0, 0.05) is 19.0 Å². The highest BCUT2D eigenvalue weighted by Gasteiger charge is 2.29. The van der Waals surface area contributed by atoms with Crippen LogP contribution in [0, 0.1) is 0 Å². The van der Waals surface area contributed by atoms with E-state index in [1.807, 2.05) is 6.07 Å². The Labute approximate surface area is 106 Å². The lowest BCUT2D eigenvalue weighted by Crippen LogP contribution is -2.37. The molecule has 2 heterocycles. The molecular formula is C13H18N4O. The van der Waals surface area contributed by atoms with Gasteiger partial charge in [0.15, 0.2) is 0 Å². The van der Waals surface area contributed by atoms with E-state index in [0.717, 1.165) is 35.3 Å². The summed E-state index contributed by atoms with van der Waals surface area (Å²) in [6, 6.07) is 4.40. The molecule has 0 bridgehead atoms. The number of nitrogens with zero attached hydrogens (tertiary/aromatic N) is 2. The zero-order valence-electron chi connectivity index (χ0n) is 10.7. The van der Waals surface area contributed by atoms with E-state index in [2.05, 4.69) is 35.1 Å². The molecule has 5 nitrogen and oxygen atoms in total. The minimum absolute atomic E-state index is 0.242. The van der Waals surface area contributed by atoms with Gasteiger partial charge in [0.1, 0.15) is 0 Å². The molecule has 1 aliphatic heterocycles. The number of benzene rings is 1. The van der Waals surface area contributed by atoms with E-state index < -0.39 is 0 Å². The third-order valence-electron chi connectivity index (χ3n) is 3.80. The van der Waals surface area contributed by atoms with Gasteiger partial charge in [-0.15, -0.1) is 0 Å². The largest absolute Gasteiger partial charge is 0.397 e. The van der Waals surface area contributed by atoms with Crippen molar-refractivity contribution in [3.05, 3.63) is 18.3 Å². The Kier molecular flexibility index (Phi) is 2.63. The quantitative estimate of drug-likeness (QED) is 0.792. The molecule has 1 aromatic carbocycles. The Bertz CT molecular complexity index is 565. The maximum absolute atomic E-state index is 6.14. The highest BCUT2D eigenvalue weighted by atomic mass is 16.5. The molecule has 0 amide bonds. The Balaban J connectivity index is 1.99. The molecule has 1 aromatic heterocycles. The number of ether oxygens (including phenoxy) is 1. The Hall–Kier alpha value is -1.75. The van der Waals surface area contributed by atoms with Gasteiger partial charge in [-0.3, -0.25) is 5.10 Å². The lowest BCUT2D eigenvalue weighted by molar-refractivity contribution is 0.118. The molecule has 3 rings (SSSR count). The summed E-state index contributed by atoms with van der Waals surface area (Å²) in [4.78, 5) is 2.22. The van der Waals surface area contributed by atoms with E-state index in [1.165, 1.54) is 0 Å². The predicted molar refractivity (Wildman–Crippen MR) is 72.7 cm³/mol. The summed E-state index contributed by atoms with van der Waals surface area (Å²) in [5, 5.41) is 8.05. The summed E-state index contributed by atoms with van der Waals surface area (Å²) in [6.45, 7) is 2.93. The molecule has 96 valence electrons. The van der Waals surface area contributed by atoms with Crippen LogP contribution in [0.1, 0.15) is 13.3 Å². The highest BCUT2D eigenvalue weighted by molar-refractivity contribution is 5.88. The van der Waals surface area contributed by atoms with Crippen molar-refractivity contribution < 1.29 is 4.74 Å². The average Bonchev–Trinajstić information content (AvgIpc) is 2.95. The number of rotatable bonds is 2. The summed E-state index contributed by atoms with van der Waals surface area (Å²) < 4.78 is 5.62. The van der Waals surface area contributed by atoms with Crippen molar-refractivity contribution in [1.82, 2.24) is 10.2 Å². The van der Waals surface area contributed by atoms with Crippen LogP contribution in [0.25, 0.3) is 10.9 Å². The van der Waals surface area contributed by atoms with Crippen molar-refractivity contribution in [3.8, 4) is 0 Å². The number of anilines is 2. The van der Waals surface area contributed by atoms with Crippen LogP contribution in [0.15, 0.2) is 18.3 Å². The standard InChI is InChI=1S/C13H18N4O/c1-8-12(3-4-18-8)17(2)13-6-11-9(5-10(13)14)7-15-16-11/h5-8,12H,3-4,14H2,1-2H3,(H,15,16). The topological polar surface area (TPSA) is 67.2 Å². The molecule has 1 aliphatic rings. The van der Waals surface area contributed by atoms with Crippen LogP contribution in [0.3, 0.4) is 0 Å². The van der Waals surface area contributed by atoms with Crippen LogP contribution in [-0.2, 0) is 4.74 Å². The fourth-order valence-corrected chi connectivity index (χ4v) is 2.71. The van der Waals surface area contributed by atoms with Crippen LogP contribution >= 0.6 is 0 Å². The van der Waals surface area contributed by atoms with Gasteiger partial charge in [0.25, 0.3) is 0 Å². The SMILES string of the molecule is CC1OCCC1N(C)c1cc2[nH]ncc2cc1N. The third-order valence-corrected chi connectivity index (χ3v) is 3.80. The third kappa shape index (κ3) is 1.71. The number of aromatic amines is 1. The van der Waals surface area contributed by atoms with E-state index in [0.29, 0.717) is 6.04 Å². The van der Waals surface area contributed by atoms with Crippen LogP contribution in [-0.4, -0.2) is 36.0 Å². The Morgan fingerprint density at radius 3 is 3.06 bits per heavy atom. The molecule has 0 aliphatic carbocycles. The van der Waals surface area contributed by atoms with E-state index in [-0.39, 0.29) is 6.10 Å². The fraction of sp³-hybridized carbons (Fsp3) is 0.462. The molecule has 2 atom stereocenters. The first-order valence-corrected chi connectivity index (χ1v) is 6.24. The molecule has 1 saturated heterocycles. The highest BCUT2D eigenvalue weighted by Crippen LogP contribution is 2.31. The second-order valence-corrected chi connectivity index (χ2v) is 4.91. The van der Waals surface area contributed by atoms with Crippen molar-refractivity contribution in [2.24, 2.45) is 0 Å². The first kappa shape index (κ1) is 11.3. The average molecular weight is 246 g/mol. The molecule has 1 fully saturated rings. The number of nitrogen functional groups attached to an aromatic ring is 1. The predicted octanol–water partition coefficient (Wildman–Crippen LogP) is 1.76. The molecule has 3 N–H and O–H groups in total. The zero-order chi connectivity index (χ0) is 12.7. The number of aromatic nitrogens is 2. The molecule has 0 radical (unpaired) electrons. The van der Waals surface area contributed by atoms with Crippen molar-refractivity contribution in [2.75, 3.05) is 24.3 Å². The van der Waals surface area contributed by atoms with Gasteiger partial charge in [-0.1, -0.05) is 0 Å². The van der Waals surface area contributed by atoms with E-state index >= 15 is 0 Å². The molecule has 2 unspecified atom stereocenters. The monoisotopic (exact) mass is 246 g/mol. The lowest BCUT2D eigenvalue weighted by atomic mass is 10.1. The van der Waals surface area contributed by atoms with Crippen LogP contribution in [0.4, 0.5) is 11.4 Å². The molecule has 18 heavy (non-hydrogen) atoms. The number of likely N-dealkylation sites (N-methyl/N-ethyl adjacent to an activating group) is 1. The number of nitrogens with two attached hydrogens (primary N) is 1. The maximum Gasteiger partial charge on any atom is 0.0750 e. The van der Waals surface area contributed by atoms with Gasteiger partial charge < -0.3 is 15.4 Å². The number of hydrogen-bond acceptors (Lipinski definition) is 4. The lowest BCUT2D eigenvalue weighted by Gasteiger charge is -2.29.